The van der Waals surface area contributed by atoms with Gasteiger partial charge in [0, 0.05) is 24.6 Å². The van der Waals surface area contributed by atoms with Gasteiger partial charge >= 0.3 is 5.97 Å². The summed E-state index contributed by atoms with van der Waals surface area (Å²) in [6, 6.07) is 8.33. The van der Waals surface area contributed by atoms with Crippen molar-refractivity contribution in [2.45, 2.75) is 52.4 Å². The Morgan fingerprint density at radius 3 is 2.29 bits per heavy atom. The minimum Gasteiger partial charge on any atom is -0.496 e. The fourth-order valence-corrected chi connectivity index (χ4v) is 3.57. The van der Waals surface area contributed by atoms with Gasteiger partial charge in [-0.2, -0.15) is 0 Å². The molecular weight excluding hydrogens is 462 g/mol. The molecular formula is C25H32ClNO7. The lowest BCUT2D eigenvalue weighted by molar-refractivity contribution is -0.153. The third kappa shape index (κ3) is 7.53. The molecule has 0 bridgehead atoms. The van der Waals surface area contributed by atoms with E-state index in [1.165, 1.54) is 14.2 Å². The summed E-state index contributed by atoms with van der Waals surface area (Å²) in [4.78, 5) is 24.4. The van der Waals surface area contributed by atoms with Gasteiger partial charge in [0.1, 0.15) is 17.2 Å². The molecule has 0 radical (unpaired) electrons. The van der Waals surface area contributed by atoms with Crippen molar-refractivity contribution >= 4 is 23.5 Å². The van der Waals surface area contributed by atoms with Crippen molar-refractivity contribution < 1.29 is 33.6 Å². The van der Waals surface area contributed by atoms with E-state index in [0.29, 0.717) is 40.5 Å². The van der Waals surface area contributed by atoms with Gasteiger partial charge in [-0.1, -0.05) is 18.5 Å². The molecule has 0 heterocycles. The number of carbonyl (C=O) groups is 2. The smallest absolute Gasteiger partial charge is 0.333 e. The molecule has 0 aromatic heterocycles. The molecule has 0 saturated heterocycles. The average molecular weight is 494 g/mol. The third-order valence-electron chi connectivity index (χ3n) is 4.90. The Bertz CT molecular complexity index is 993. The second-order valence-corrected chi connectivity index (χ2v) is 8.27. The Kier molecular flexibility index (Phi) is 10.5. The summed E-state index contributed by atoms with van der Waals surface area (Å²) in [6.07, 6.45) is -0.348. The second-order valence-electron chi connectivity index (χ2n) is 7.86. The Morgan fingerprint density at radius 1 is 1.06 bits per heavy atom. The normalized spacial score (nSPS) is 11.7. The SMILES string of the molecule is CCCOc1ccc(C(=O)NCc2cc(CC(OC(C)C)C(=O)O)c(OC)cc2OC)c(Cl)c1. The highest BCUT2D eigenvalue weighted by Gasteiger charge is 2.23. The van der Waals surface area contributed by atoms with Crippen molar-refractivity contribution in [1.29, 1.82) is 0 Å². The Morgan fingerprint density at radius 2 is 1.74 bits per heavy atom. The van der Waals surface area contributed by atoms with Crippen molar-refractivity contribution in [3.05, 3.63) is 52.0 Å². The number of hydrogen-bond acceptors (Lipinski definition) is 6. The molecule has 1 amide bonds. The number of hydrogen-bond donors (Lipinski definition) is 2. The average Bonchev–Trinajstić information content (AvgIpc) is 2.80. The van der Waals surface area contributed by atoms with Crippen LogP contribution in [-0.4, -0.2) is 50.0 Å². The molecule has 9 heteroatoms. The zero-order chi connectivity index (χ0) is 25.3. The molecule has 1 atom stereocenters. The van der Waals surface area contributed by atoms with Crippen molar-refractivity contribution in [3.63, 3.8) is 0 Å². The first-order valence-electron chi connectivity index (χ1n) is 11.0. The molecule has 8 nitrogen and oxygen atoms in total. The zero-order valence-electron chi connectivity index (χ0n) is 20.1. The number of halogens is 1. The van der Waals surface area contributed by atoms with Crippen LogP contribution in [0.25, 0.3) is 0 Å². The molecule has 0 fully saturated rings. The number of rotatable bonds is 13. The monoisotopic (exact) mass is 493 g/mol. The summed E-state index contributed by atoms with van der Waals surface area (Å²) in [6.45, 7) is 6.24. The van der Waals surface area contributed by atoms with Crippen molar-refractivity contribution in [2.75, 3.05) is 20.8 Å². The number of carboxylic acids is 1. The number of carboxylic acid groups (broad SMARTS) is 1. The van der Waals surface area contributed by atoms with Gasteiger partial charge in [-0.3, -0.25) is 4.79 Å². The third-order valence-corrected chi connectivity index (χ3v) is 5.21. The number of methoxy groups -OCH3 is 2. The van der Waals surface area contributed by atoms with Gasteiger partial charge in [0.05, 0.1) is 37.5 Å². The van der Waals surface area contributed by atoms with E-state index < -0.39 is 12.1 Å². The lowest BCUT2D eigenvalue weighted by Gasteiger charge is -2.20. The van der Waals surface area contributed by atoms with Crippen LogP contribution >= 0.6 is 11.6 Å². The summed E-state index contributed by atoms with van der Waals surface area (Å²) in [7, 11) is 3.00. The number of amides is 1. The zero-order valence-corrected chi connectivity index (χ0v) is 20.9. The highest BCUT2D eigenvalue weighted by molar-refractivity contribution is 6.34. The van der Waals surface area contributed by atoms with Gasteiger partial charge < -0.3 is 29.4 Å². The first kappa shape index (κ1) is 27.3. The fraction of sp³-hybridized carbons (Fsp3) is 0.440. The fourth-order valence-electron chi connectivity index (χ4n) is 3.32. The largest absolute Gasteiger partial charge is 0.496 e. The van der Waals surface area contributed by atoms with Crippen molar-refractivity contribution in [1.82, 2.24) is 5.32 Å². The number of aliphatic carboxylic acids is 1. The van der Waals surface area contributed by atoms with Crippen LogP contribution in [0.3, 0.4) is 0 Å². The molecule has 34 heavy (non-hydrogen) atoms. The van der Waals surface area contributed by atoms with E-state index in [1.807, 2.05) is 6.92 Å². The highest BCUT2D eigenvalue weighted by Crippen LogP contribution is 2.31. The van der Waals surface area contributed by atoms with Gasteiger partial charge in [-0.15, -0.1) is 0 Å². The van der Waals surface area contributed by atoms with Crippen molar-refractivity contribution in [2.24, 2.45) is 0 Å². The van der Waals surface area contributed by atoms with Gasteiger partial charge in [-0.05, 0) is 50.1 Å². The molecule has 0 aliphatic carbocycles. The molecule has 0 aliphatic rings. The number of nitrogens with one attached hydrogen (secondary N) is 1. The van der Waals surface area contributed by atoms with Gasteiger partial charge in [0.15, 0.2) is 6.10 Å². The van der Waals surface area contributed by atoms with E-state index in [0.717, 1.165) is 6.42 Å². The van der Waals surface area contributed by atoms with Crippen LogP contribution in [0, 0.1) is 0 Å². The lowest BCUT2D eigenvalue weighted by Crippen LogP contribution is -2.29. The van der Waals surface area contributed by atoms with E-state index >= 15 is 0 Å². The maximum Gasteiger partial charge on any atom is 0.333 e. The minimum absolute atomic E-state index is 0.0900. The summed E-state index contributed by atoms with van der Waals surface area (Å²) in [5, 5.41) is 12.7. The van der Waals surface area contributed by atoms with Crippen LogP contribution < -0.4 is 19.5 Å². The summed E-state index contributed by atoms with van der Waals surface area (Å²) < 4.78 is 22.0. The van der Waals surface area contributed by atoms with Crippen LogP contribution in [0.5, 0.6) is 17.2 Å². The van der Waals surface area contributed by atoms with Crippen molar-refractivity contribution in [3.8, 4) is 17.2 Å². The van der Waals surface area contributed by atoms with E-state index in [-0.39, 0.29) is 30.0 Å². The van der Waals surface area contributed by atoms with E-state index in [9.17, 15) is 14.7 Å². The predicted octanol–water partition coefficient (Wildman–Crippen LogP) is 4.50. The first-order valence-corrected chi connectivity index (χ1v) is 11.4. The topological polar surface area (TPSA) is 103 Å². The highest BCUT2D eigenvalue weighted by atomic mass is 35.5. The maximum atomic E-state index is 12.8. The summed E-state index contributed by atoms with van der Waals surface area (Å²) >= 11 is 6.29. The molecule has 0 spiro atoms. The molecule has 0 aliphatic heterocycles. The summed E-state index contributed by atoms with van der Waals surface area (Å²) in [5.41, 5.74) is 1.59. The van der Waals surface area contributed by atoms with Crippen LogP contribution in [-0.2, 0) is 22.5 Å². The molecule has 0 saturated carbocycles. The Hall–Kier alpha value is -2.97. The Labute approximate surface area is 205 Å². The van der Waals surface area contributed by atoms with Gasteiger partial charge in [-0.25, -0.2) is 4.79 Å². The van der Waals surface area contributed by atoms with Gasteiger partial charge in [0.25, 0.3) is 5.91 Å². The molecule has 2 aromatic carbocycles. The summed E-state index contributed by atoms with van der Waals surface area (Å²) in [5.74, 6) is 0.130. The molecule has 2 aromatic rings. The maximum absolute atomic E-state index is 12.8. The van der Waals surface area contributed by atoms with Crippen LogP contribution in [0.2, 0.25) is 5.02 Å². The van der Waals surface area contributed by atoms with Gasteiger partial charge in [0.2, 0.25) is 0 Å². The van der Waals surface area contributed by atoms with Crippen LogP contribution in [0.1, 0.15) is 48.7 Å². The van der Waals surface area contributed by atoms with E-state index in [2.05, 4.69) is 5.32 Å². The van der Waals surface area contributed by atoms with E-state index in [1.54, 1.807) is 44.2 Å². The van der Waals surface area contributed by atoms with E-state index in [4.69, 9.17) is 30.5 Å². The number of ether oxygens (including phenoxy) is 4. The predicted molar refractivity (Wildman–Crippen MR) is 129 cm³/mol. The molecule has 2 rings (SSSR count). The number of carbonyl (C=O) groups excluding carboxylic acids is 1. The molecule has 186 valence electrons. The quantitative estimate of drug-likeness (QED) is 0.423. The lowest BCUT2D eigenvalue weighted by atomic mass is 10.0. The van der Waals surface area contributed by atoms with Crippen LogP contribution in [0.4, 0.5) is 0 Å². The van der Waals surface area contributed by atoms with Crippen LogP contribution in [0.15, 0.2) is 30.3 Å². The standard InChI is InChI=1S/C25H32ClNO7/c1-6-9-33-18-7-8-19(20(26)12-18)24(28)27-14-17-10-16(21(31-4)13-22(17)32-5)11-23(25(29)30)34-15(2)3/h7-8,10,12-13,15,23H,6,9,11,14H2,1-5H3,(H,27,28)(H,29,30). The minimum atomic E-state index is -1.07. The number of benzene rings is 2. The first-order chi connectivity index (χ1) is 16.2. The molecule has 1 unspecified atom stereocenters. The second kappa shape index (κ2) is 13.1. The molecule has 2 N–H and O–H groups in total. The Balaban J connectivity index is 2.23.